The van der Waals surface area contributed by atoms with Crippen molar-refractivity contribution in [1.82, 2.24) is 14.9 Å². The number of ether oxygens (including phenoxy) is 2. The number of rotatable bonds is 3. The molecule has 0 bridgehead atoms. The summed E-state index contributed by atoms with van der Waals surface area (Å²) in [6.45, 7) is 3.12. The summed E-state index contributed by atoms with van der Waals surface area (Å²) in [4.78, 5) is 4.44. The maximum Gasteiger partial charge on any atom is 0.231 e. The Labute approximate surface area is 112 Å². The van der Waals surface area contributed by atoms with E-state index in [-0.39, 0.29) is 0 Å². The number of fused-ring (bicyclic) bond motifs is 1. The van der Waals surface area contributed by atoms with Gasteiger partial charge in [-0.1, -0.05) is 0 Å². The third kappa shape index (κ3) is 1.96. The molecule has 19 heavy (non-hydrogen) atoms. The fourth-order valence-electron chi connectivity index (χ4n) is 2.34. The monoisotopic (exact) mass is 259 g/mol. The van der Waals surface area contributed by atoms with Gasteiger partial charge in [0.1, 0.15) is 5.82 Å². The van der Waals surface area contributed by atoms with Gasteiger partial charge in [0.05, 0.1) is 18.4 Å². The minimum atomic E-state index is 0.300. The van der Waals surface area contributed by atoms with E-state index < -0.39 is 0 Å². The second-order valence-electron chi connectivity index (χ2n) is 4.67. The Bertz CT molecular complexity index is 619. The van der Waals surface area contributed by atoms with Crippen LogP contribution in [0.2, 0.25) is 0 Å². The molecule has 1 aliphatic rings. The first kappa shape index (κ1) is 12.0. The minimum Gasteiger partial charge on any atom is -0.454 e. The first-order valence-electron chi connectivity index (χ1n) is 6.26. The summed E-state index contributed by atoms with van der Waals surface area (Å²) in [7, 11) is 3.94. The number of aromatic nitrogens is 2. The Hall–Kier alpha value is -2.01. The Balaban J connectivity index is 2.07. The highest BCUT2D eigenvalue weighted by Gasteiger charge is 2.18. The van der Waals surface area contributed by atoms with Gasteiger partial charge in [0.15, 0.2) is 11.5 Å². The maximum absolute atomic E-state index is 5.45. The van der Waals surface area contributed by atoms with Crippen LogP contribution in [0.3, 0.4) is 0 Å². The molecule has 1 aromatic heterocycles. The summed E-state index contributed by atoms with van der Waals surface area (Å²) < 4.78 is 12.9. The zero-order chi connectivity index (χ0) is 13.4. The Morgan fingerprint density at radius 2 is 2.05 bits per heavy atom. The van der Waals surface area contributed by atoms with Gasteiger partial charge in [-0.2, -0.15) is 0 Å². The minimum absolute atomic E-state index is 0.300. The largest absolute Gasteiger partial charge is 0.454 e. The molecule has 0 saturated heterocycles. The van der Waals surface area contributed by atoms with E-state index >= 15 is 0 Å². The smallest absolute Gasteiger partial charge is 0.231 e. The van der Waals surface area contributed by atoms with E-state index in [1.807, 2.05) is 32.4 Å². The van der Waals surface area contributed by atoms with Crippen molar-refractivity contribution >= 4 is 0 Å². The van der Waals surface area contributed by atoms with Crippen molar-refractivity contribution in [3.63, 3.8) is 0 Å². The van der Waals surface area contributed by atoms with E-state index in [1.165, 1.54) is 0 Å². The van der Waals surface area contributed by atoms with Crippen molar-refractivity contribution in [1.29, 1.82) is 0 Å². The van der Waals surface area contributed by atoms with Gasteiger partial charge in [-0.3, -0.25) is 0 Å². The highest BCUT2D eigenvalue weighted by atomic mass is 16.7. The molecule has 0 radical (unpaired) electrons. The van der Waals surface area contributed by atoms with Gasteiger partial charge < -0.3 is 19.4 Å². The molecule has 0 amide bonds. The summed E-state index contributed by atoms with van der Waals surface area (Å²) in [5.41, 5.74) is 3.37. The van der Waals surface area contributed by atoms with Crippen molar-refractivity contribution in [2.24, 2.45) is 7.05 Å². The molecule has 1 aromatic carbocycles. The van der Waals surface area contributed by atoms with Crippen LogP contribution in [0.4, 0.5) is 0 Å². The van der Waals surface area contributed by atoms with Crippen molar-refractivity contribution in [2.45, 2.75) is 13.5 Å². The molecule has 0 aliphatic carbocycles. The molecular weight excluding hydrogens is 242 g/mol. The zero-order valence-corrected chi connectivity index (χ0v) is 11.4. The normalized spacial score (nSPS) is 13.0. The second-order valence-corrected chi connectivity index (χ2v) is 4.67. The van der Waals surface area contributed by atoms with Crippen LogP contribution >= 0.6 is 0 Å². The summed E-state index contributed by atoms with van der Waals surface area (Å²) >= 11 is 0. The van der Waals surface area contributed by atoms with Crippen LogP contribution in [-0.4, -0.2) is 23.4 Å². The average molecular weight is 259 g/mol. The van der Waals surface area contributed by atoms with E-state index in [0.717, 1.165) is 40.7 Å². The molecule has 0 fully saturated rings. The maximum atomic E-state index is 5.45. The highest BCUT2D eigenvalue weighted by molar-refractivity contribution is 5.68. The molecule has 100 valence electrons. The lowest BCUT2D eigenvalue weighted by Gasteiger charge is -2.09. The molecule has 2 aromatic rings. The topological polar surface area (TPSA) is 48.3 Å². The Morgan fingerprint density at radius 3 is 2.79 bits per heavy atom. The summed E-state index contributed by atoms with van der Waals surface area (Å²) in [5.74, 6) is 2.63. The molecule has 0 unspecified atom stereocenters. The molecule has 5 nitrogen and oxygen atoms in total. The van der Waals surface area contributed by atoms with Gasteiger partial charge in [0.2, 0.25) is 6.79 Å². The number of hydrogen-bond acceptors (Lipinski definition) is 4. The summed E-state index contributed by atoms with van der Waals surface area (Å²) in [6.07, 6.45) is 1.90. The van der Waals surface area contributed by atoms with Crippen molar-refractivity contribution in [3.8, 4) is 22.8 Å². The third-order valence-electron chi connectivity index (χ3n) is 3.41. The number of hydrogen-bond donors (Lipinski definition) is 1. The van der Waals surface area contributed by atoms with Crippen LogP contribution < -0.4 is 14.8 Å². The van der Waals surface area contributed by atoms with Crippen molar-refractivity contribution in [2.75, 3.05) is 13.8 Å². The molecule has 3 rings (SSSR count). The van der Waals surface area contributed by atoms with Crippen LogP contribution in [0.15, 0.2) is 18.3 Å². The number of imidazole rings is 1. The molecule has 5 heteroatoms. The Morgan fingerprint density at radius 1 is 1.32 bits per heavy atom. The number of nitrogens with zero attached hydrogens (tertiary/aromatic N) is 2. The molecule has 0 atom stereocenters. The second kappa shape index (κ2) is 4.59. The van der Waals surface area contributed by atoms with E-state index in [9.17, 15) is 0 Å². The fraction of sp³-hybridized carbons (Fsp3) is 0.357. The van der Waals surface area contributed by atoms with Crippen molar-refractivity contribution < 1.29 is 9.47 Å². The molecule has 0 spiro atoms. The van der Waals surface area contributed by atoms with Crippen LogP contribution in [0.25, 0.3) is 11.3 Å². The molecule has 0 saturated carbocycles. The lowest BCUT2D eigenvalue weighted by Crippen LogP contribution is -2.10. The van der Waals surface area contributed by atoms with Gasteiger partial charge in [0.25, 0.3) is 0 Å². The van der Waals surface area contributed by atoms with E-state index in [0.29, 0.717) is 6.79 Å². The van der Waals surface area contributed by atoms with E-state index in [2.05, 4.69) is 21.8 Å². The molecular formula is C14H17N3O2. The predicted octanol–water partition coefficient (Wildman–Crippen LogP) is 1.84. The first-order chi connectivity index (χ1) is 9.20. The predicted molar refractivity (Wildman–Crippen MR) is 72.3 cm³/mol. The lowest BCUT2D eigenvalue weighted by molar-refractivity contribution is 0.174. The number of nitrogens with one attached hydrogen (secondary N) is 1. The average Bonchev–Trinajstić information content (AvgIpc) is 2.97. The SMILES string of the molecule is CNCc1ncc(-c2cc3c(cc2C)OCO3)n1C. The standard InChI is InChI=1S/C14H17N3O2/c1-9-4-12-13(19-8-18-12)5-10(9)11-6-16-14(7-15-2)17(11)3/h4-6,15H,7-8H2,1-3H3. The van der Waals surface area contributed by atoms with Gasteiger partial charge in [0, 0.05) is 12.6 Å². The van der Waals surface area contributed by atoms with Crippen LogP contribution in [0.1, 0.15) is 11.4 Å². The van der Waals surface area contributed by atoms with Gasteiger partial charge in [-0.15, -0.1) is 0 Å². The molecule has 1 N–H and O–H groups in total. The van der Waals surface area contributed by atoms with Crippen LogP contribution in [0.5, 0.6) is 11.5 Å². The molecule has 2 heterocycles. The number of aryl methyl sites for hydroxylation is 1. The van der Waals surface area contributed by atoms with Crippen molar-refractivity contribution in [3.05, 3.63) is 29.7 Å². The lowest BCUT2D eigenvalue weighted by atomic mass is 10.1. The van der Waals surface area contributed by atoms with E-state index in [4.69, 9.17) is 9.47 Å². The molecule has 1 aliphatic heterocycles. The summed E-state index contributed by atoms with van der Waals surface area (Å²) in [6, 6.07) is 4.04. The Kier molecular flexibility index (Phi) is 2.91. The summed E-state index contributed by atoms with van der Waals surface area (Å²) in [5, 5.41) is 3.12. The third-order valence-corrected chi connectivity index (χ3v) is 3.41. The van der Waals surface area contributed by atoms with Gasteiger partial charge in [-0.25, -0.2) is 4.98 Å². The van der Waals surface area contributed by atoms with E-state index in [1.54, 1.807) is 0 Å². The quantitative estimate of drug-likeness (QED) is 0.913. The van der Waals surface area contributed by atoms with Crippen LogP contribution in [0, 0.1) is 6.92 Å². The first-order valence-corrected chi connectivity index (χ1v) is 6.26. The fourth-order valence-corrected chi connectivity index (χ4v) is 2.34. The van der Waals surface area contributed by atoms with Gasteiger partial charge >= 0.3 is 0 Å². The van der Waals surface area contributed by atoms with Gasteiger partial charge in [-0.05, 0) is 31.7 Å². The number of benzene rings is 1. The highest BCUT2D eigenvalue weighted by Crippen LogP contribution is 2.38. The van der Waals surface area contributed by atoms with Crippen LogP contribution in [-0.2, 0) is 13.6 Å². The zero-order valence-electron chi connectivity index (χ0n) is 11.4.